The van der Waals surface area contributed by atoms with Gasteiger partial charge >= 0.3 is 0 Å². The fourth-order valence-corrected chi connectivity index (χ4v) is 4.85. The van der Waals surface area contributed by atoms with Crippen LogP contribution in [-0.4, -0.2) is 22.0 Å². The van der Waals surface area contributed by atoms with E-state index >= 15 is 0 Å². The Morgan fingerprint density at radius 3 is 2.94 bits per heavy atom. The number of benzene rings is 1. The van der Waals surface area contributed by atoms with Crippen LogP contribution in [0.2, 0.25) is 0 Å². The van der Waals surface area contributed by atoms with Crippen LogP contribution in [0.25, 0.3) is 17.1 Å². The third-order valence-electron chi connectivity index (χ3n) is 6.30. The number of fused-ring (bicyclic) bond motifs is 2. The molecular formula is C27H30N4O. The summed E-state index contributed by atoms with van der Waals surface area (Å²) < 4.78 is 2.20. The van der Waals surface area contributed by atoms with Gasteiger partial charge in [0.15, 0.2) is 0 Å². The molecule has 1 aliphatic carbocycles. The maximum absolute atomic E-state index is 12.4. The van der Waals surface area contributed by atoms with Gasteiger partial charge in [0.1, 0.15) is 11.7 Å². The number of amides is 1. The number of hydrogen-bond donors (Lipinski definition) is 1. The summed E-state index contributed by atoms with van der Waals surface area (Å²) >= 11 is 0. The van der Waals surface area contributed by atoms with Crippen LogP contribution in [0.3, 0.4) is 0 Å². The fraction of sp³-hybridized carbons (Fsp3) is 0.370. The molecule has 0 aliphatic heterocycles. The molecule has 1 amide bonds. The van der Waals surface area contributed by atoms with Crippen molar-refractivity contribution < 1.29 is 4.79 Å². The molecule has 4 rings (SSSR count). The monoisotopic (exact) mass is 426 g/mol. The second kappa shape index (κ2) is 9.40. The zero-order valence-corrected chi connectivity index (χ0v) is 19.1. The zero-order valence-electron chi connectivity index (χ0n) is 19.1. The topological polar surface area (TPSA) is 70.7 Å². The van der Waals surface area contributed by atoms with Crippen LogP contribution in [0.5, 0.6) is 0 Å². The van der Waals surface area contributed by atoms with Crippen molar-refractivity contribution in [3.63, 3.8) is 0 Å². The Hall–Kier alpha value is -3.39. The highest BCUT2D eigenvalue weighted by Gasteiger charge is 2.28. The normalized spacial score (nSPS) is 15.6. The molecule has 164 valence electrons. The minimum Gasteiger partial charge on any atom is -0.353 e. The van der Waals surface area contributed by atoms with Crippen molar-refractivity contribution in [2.24, 2.45) is 0 Å². The van der Waals surface area contributed by atoms with Crippen molar-refractivity contribution in [2.75, 3.05) is 6.54 Å². The maximum atomic E-state index is 12.4. The highest BCUT2D eigenvalue weighted by atomic mass is 16.1. The van der Waals surface area contributed by atoms with Gasteiger partial charge in [0, 0.05) is 23.7 Å². The molecule has 1 aliphatic rings. The van der Waals surface area contributed by atoms with Crippen molar-refractivity contribution in [1.82, 2.24) is 14.9 Å². The van der Waals surface area contributed by atoms with E-state index in [-0.39, 0.29) is 11.9 Å². The summed E-state index contributed by atoms with van der Waals surface area (Å²) in [4.78, 5) is 17.3. The molecule has 1 atom stereocenters. The summed E-state index contributed by atoms with van der Waals surface area (Å²) in [7, 11) is 0. The number of carbonyl (C=O) groups is 1. The highest BCUT2D eigenvalue weighted by Crippen LogP contribution is 2.39. The summed E-state index contributed by atoms with van der Waals surface area (Å²) in [5.74, 6) is -0.135. The van der Waals surface area contributed by atoms with E-state index in [0.29, 0.717) is 12.1 Å². The van der Waals surface area contributed by atoms with Gasteiger partial charge in [0.2, 0.25) is 5.91 Å². The van der Waals surface area contributed by atoms with Crippen LogP contribution in [0.15, 0.2) is 36.4 Å². The third-order valence-corrected chi connectivity index (χ3v) is 6.30. The zero-order chi connectivity index (χ0) is 22.7. The van der Waals surface area contributed by atoms with Crippen LogP contribution in [0, 0.1) is 25.2 Å². The smallest absolute Gasteiger partial charge is 0.244 e. The number of nitrogens with one attached hydrogen (secondary N) is 1. The molecule has 1 N–H and O–H groups in total. The van der Waals surface area contributed by atoms with E-state index in [9.17, 15) is 10.1 Å². The first kappa shape index (κ1) is 21.8. The summed E-state index contributed by atoms with van der Waals surface area (Å²) in [5.41, 5.74) is 6.77. The van der Waals surface area contributed by atoms with Crippen molar-refractivity contribution in [3.05, 3.63) is 70.0 Å². The molecule has 0 bridgehead atoms. The van der Waals surface area contributed by atoms with Gasteiger partial charge in [-0.1, -0.05) is 37.6 Å². The van der Waals surface area contributed by atoms with Crippen LogP contribution in [-0.2, 0) is 11.2 Å². The van der Waals surface area contributed by atoms with Gasteiger partial charge in [-0.3, -0.25) is 4.79 Å². The van der Waals surface area contributed by atoms with E-state index in [4.69, 9.17) is 4.98 Å². The number of nitrogens with zero attached hydrogens (tertiary/aromatic N) is 3. The molecule has 0 radical (unpaired) electrons. The standard InChI is InChI=1S/C27H30N4O/c1-4-5-15-29-25(32)14-13-24-22(17-28)26-18(2)16-19(3)30-27(26)31(24)23-12-8-10-20-9-6-7-11-21(20)23/h6-7,9,11,13-14,16,23H,4-5,8,10,12,15H2,1-3H3,(H,29,32)/t23-/m0/s1. The van der Waals surface area contributed by atoms with E-state index in [1.165, 1.54) is 11.1 Å². The highest BCUT2D eigenvalue weighted by molar-refractivity contribution is 5.96. The molecule has 1 aromatic carbocycles. The van der Waals surface area contributed by atoms with E-state index in [1.807, 2.05) is 19.9 Å². The lowest BCUT2D eigenvalue weighted by Gasteiger charge is -2.28. The van der Waals surface area contributed by atoms with Crippen molar-refractivity contribution in [3.8, 4) is 6.07 Å². The van der Waals surface area contributed by atoms with Crippen LogP contribution < -0.4 is 5.32 Å². The number of carbonyl (C=O) groups excluding carboxylic acids is 1. The Bertz CT molecular complexity index is 1230. The molecule has 0 spiro atoms. The number of pyridine rings is 1. The van der Waals surface area contributed by atoms with E-state index < -0.39 is 0 Å². The van der Waals surface area contributed by atoms with Crippen LogP contribution in [0.4, 0.5) is 0 Å². The molecular weight excluding hydrogens is 396 g/mol. The number of hydrogen-bond acceptors (Lipinski definition) is 3. The number of rotatable bonds is 6. The molecule has 0 fully saturated rings. The Kier molecular flexibility index (Phi) is 6.41. The van der Waals surface area contributed by atoms with Gasteiger partial charge in [0.25, 0.3) is 0 Å². The summed E-state index contributed by atoms with van der Waals surface area (Å²) in [6.07, 6.45) is 8.45. The minimum absolute atomic E-state index is 0.0843. The SMILES string of the molecule is CCCCNC(=O)C=Cc1c(C#N)c2c(C)cc(C)nc2n1[C@H]1CCCc2ccccc21. The minimum atomic E-state index is -0.135. The predicted octanol–water partition coefficient (Wildman–Crippen LogP) is 5.38. The van der Waals surface area contributed by atoms with E-state index in [2.05, 4.69) is 47.1 Å². The van der Waals surface area contributed by atoms with Crippen molar-refractivity contribution in [2.45, 2.75) is 58.9 Å². The largest absolute Gasteiger partial charge is 0.353 e. The number of unbranched alkanes of at least 4 members (excludes halogenated alkanes) is 1. The fourth-order valence-electron chi connectivity index (χ4n) is 4.85. The van der Waals surface area contributed by atoms with Gasteiger partial charge in [-0.15, -0.1) is 0 Å². The molecule has 0 saturated carbocycles. The van der Waals surface area contributed by atoms with E-state index in [1.54, 1.807) is 12.2 Å². The molecule has 3 aromatic rings. The Balaban J connectivity index is 1.91. The quantitative estimate of drug-likeness (QED) is 0.425. The maximum Gasteiger partial charge on any atom is 0.244 e. The summed E-state index contributed by atoms with van der Waals surface area (Å²) in [6, 6.07) is 13.1. The molecule has 32 heavy (non-hydrogen) atoms. The van der Waals surface area contributed by atoms with Crippen LogP contribution in [0.1, 0.15) is 72.3 Å². The van der Waals surface area contributed by atoms with Gasteiger partial charge < -0.3 is 9.88 Å². The van der Waals surface area contributed by atoms with E-state index in [0.717, 1.165) is 60.1 Å². The number of aromatic nitrogens is 2. The molecule has 2 aromatic heterocycles. The lowest BCUT2D eigenvalue weighted by Crippen LogP contribution is -2.22. The summed E-state index contributed by atoms with van der Waals surface area (Å²) in [5, 5.41) is 13.9. The predicted molar refractivity (Wildman–Crippen MR) is 128 cm³/mol. The molecule has 2 heterocycles. The van der Waals surface area contributed by atoms with Gasteiger partial charge in [-0.2, -0.15) is 5.26 Å². The first-order chi connectivity index (χ1) is 15.5. The first-order valence-electron chi connectivity index (χ1n) is 11.5. The molecule has 5 heteroatoms. The van der Waals surface area contributed by atoms with Crippen molar-refractivity contribution in [1.29, 1.82) is 5.26 Å². The summed E-state index contributed by atoms with van der Waals surface area (Å²) in [6.45, 7) is 6.77. The molecule has 0 unspecified atom stereocenters. The average molecular weight is 427 g/mol. The third kappa shape index (κ3) is 4.05. The number of nitriles is 1. The van der Waals surface area contributed by atoms with Gasteiger partial charge in [0.05, 0.1) is 17.3 Å². The molecule has 5 nitrogen and oxygen atoms in total. The van der Waals surface area contributed by atoms with Crippen LogP contribution >= 0.6 is 0 Å². The second-order valence-electron chi connectivity index (χ2n) is 8.61. The Labute approximate surface area is 189 Å². The van der Waals surface area contributed by atoms with Gasteiger partial charge in [-0.05, 0) is 68.4 Å². The second-order valence-corrected chi connectivity index (χ2v) is 8.61. The first-order valence-corrected chi connectivity index (χ1v) is 11.5. The lowest BCUT2D eigenvalue weighted by atomic mass is 9.87. The Morgan fingerprint density at radius 1 is 1.34 bits per heavy atom. The van der Waals surface area contributed by atoms with Crippen molar-refractivity contribution >= 4 is 23.0 Å². The lowest BCUT2D eigenvalue weighted by molar-refractivity contribution is -0.116. The van der Waals surface area contributed by atoms with Gasteiger partial charge in [-0.25, -0.2) is 4.98 Å². The average Bonchev–Trinajstić information content (AvgIpc) is 3.10. The number of aryl methyl sites for hydroxylation is 3. The molecule has 0 saturated heterocycles. The Morgan fingerprint density at radius 2 is 2.16 bits per heavy atom.